The van der Waals surface area contributed by atoms with Crippen molar-refractivity contribution in [2.75, 3.05) is 0 Å². The van der Waals surface area contributed by atoms with Crippen molar-refractivity contribution in [3.63, 3.8) is 0 Å². The van der Waals surface area contributed by atoms with Crippen molar-refractivity contribution in [3.05, 3.63) is 59.4 Å². The van der Waals surface area contributed by atoms with Crippen molar-refractivity contribution in [3.8, 4) is 0 Å². The summed E-state index contributed by atoms with van der Waals surface area (Å²) < 4.78 is 28.0. The molecule has 3 rings (SSSR count). The molecule has 26 heavy (non-hydrogen) atoms. The number of rotatable bonds is 7. The Hall–Kier alpha value is -2.25. The van der Waals surface area contributed by atoms with Crippen LogP contribution in [0, 0.1) is 6.92 Å². The molecule has 0 radical (unpaired) electrons. The summed E-state index contributed by atoms with van der Waals surface area (Å²) in [7, 11) is -3.72. The van der Waals surface area contributed by atoms with Gasteiger partial charge in [0.25, 0.3) is 5.91 Å². The maximum atomic E-state index is 12.7. The van der Waals surface area contributed by atoms with Crippen LogP contribution in [0.1, 0.15) is 41.4 Å². The largest absolute Gasteiger partial charge is 0.349 e. The molecule has 6 nitrogen and oxygen atoms in total. The molecule has 1 aromatic heterocycles. The minimum atomic E-state index is -3.72. The molecule has 0 aliphatic heterocycles. The zero-order valence-electron chi connectivity index (χ0n) is 14.9. The molecule has 0 unspecified atom stereocenters. The van der Waals surface area contributed by atoms with Crippen molar-refractivity contribution in [1.29, 1.82) is 0 Å². The van der Waals surface area contributed by atoms with Crippen LogP contribution in [-0.2, 0) is 16.4 Å². The molecule has 2 aromatic rings. The lowest BCUT2D eigenvalue weighted by atomic mass is 10.1. The highest BCUT2D eigenvalue weighted by atomic mass is 32.2. The fourth-order valence-electron chi connectivity index (χ4n) is 2.70. The summed E-state index contributed by atoms with van der Waals surface area (Å²) in [6.45, 7) is 3.75. The molecule has 1 aromatic carbocycles. The van der Waals surface area contributed by atoms with Crippen LogP contribution in [0.3, 0.4) is 0 Å². The summed E-state index contributed by atoms with van der Waals surface area (Å²) in [5.41, 5.74) is 2.24. The average Bonchev–Trinajstić information content (AvgIpc) is 3.40. The van der Waals surface area contributed by atoms with E-state index in [1.54, 1.807) is 25.3 Å². The lowest BCUT2D eigenvalue weighted by Gasteiger charge is -2.15. The van der Waals surface area contributed by atoms with E-state index in [1.807, 2.05) is 19.1 Å². The first kappa shape index (κ1) is 18.5. The Kier molecular flexibility index (Phi) is 5.38. The Morgan fingerprint density at radius 3 is 2.73 bits per heavy atom. The number of benzene rings is 1. The predicted octanol–water partition coefficient (Wildman–Crippen LogP) is 2.19. The van der Waals surface area contributed by atoms with E-state index in [2.05, 4.69) is 15.0 Å². The third-order valence-corrected chi connectivity index (χ3v) is 5.88. The molecule has 0 saturated heterocycles. The molecule has 1 heterocycles. The SMILES string of the molecule is Cc1cccnc1C[C@@H](C)NS(=O)(=O)c1cccc(C(=O)NC2CC2)c1. The third-order valence-electron chi connectivity index (χ3n) is 4.29. The fourth-order valence-corrected chi connectivity index (χ4v) is 3.99. The summed E-state index contributed by atoms with van der Waals surface area (Å²) in [4.78, 5) is 16.5. The number of pyridine rings is 1. The standard InChI is InChI=1S/C19H23N3O3S/c1-13-5-4-10-20-18(13)11-14(2)22-26(24,25)17-7-3-6-15(12-17)19(23)21-16-8-9-16/h3-7,10,12,14,16,22H,8-9,11H2,1-2H3,(H,21,23)/t14-/m1/s1. The molecule has 1 saturated carbocycles. The molecule has 2 N–H and O–H groups in total. The van der Waals surface area contributed by atoms with E-state index in [1.165, 1.54) is 12.1 Å². The van der Waals surface area contributed by atoms with Gasteiger partial charge in [0.15, 0.2) is 0 Å². The van der Waals surface area contributed by atoms with Gasteiger partial charge in [-0.25, -0.2) is 13.1 Å². The van der Waals surface area contributed by atoms with Crippen LogP contribution in [0.5, 0.6) is 0 Å². The monoisotopic (exact) mass is 373 g/mol. The number of carbonyl (C=O) groups excluding carboxylic acids is 1. The zero-order chi connectivity index (χ0) is 18.7. The molecule has 138 valence electrons. The topological polar surface area (TPSA) is 88.2 Å². The first-order chi connectivity index (χ1) is 12.3. The first-order valence-electron chi connectivity index (χ1n) is 8.69. The van der Waals surface area contributed by atoms with Gasteiger partial charge in [0.05, 0.1) is 4.90 Å². The molecule has 1 amide bonds. The Balaban J connectivity index is 1.71. The normalized spacial score (nSPS) is 15.5. The third kappa shape index (κ3) is 4.68. The Bertz CT molecular complexity index is 908. The Morgan fingerprint density at radius 2 is 2.04 bits per heavy atom. The summed E-state index contributed by atoms with van der Waals surface area (Å²) >= 11 is 0. The number of amides is 1. The minimum Gasteiger partial charge on any atom is -0.349 e. The van der Waals surface area contributed by atoms with Gasteiger partial charge in [-0.1, -0.05) is 12.1 Å². The number of aromatic nitrogens is 1. The van der Waals surface area contributed by atoms with Gasteiger partial charge in [0.1, 0.15) is 0 Å². The number of aryl methyl sites for hydroxylation is 1. The number of nitrogens with zero attached hydrogens (tertiary/aromatic N) is 1. The molecule has 0 bridgehead atoms. The lowest BCUT2D eigenvalue weighted by molar-refractivity contribution is 0.0951. The highest BCUT2D eigenvalue weighted by Crippen LogP contribution is 2.20. The predicted molar refractivity (Wildman–Crippen MR) is 99.4 cm³/mol. The summed E-state index contributed by atoms with van der Waals surface area (Å²) in [6, 6.07) is 9.83. The van der Waals surface area contributed by atoms with Gasteiger partial charge in [-0.15, -0.1) is 0 Å². The van der Waals surface area contributed by atoms with Crippen molar-refractivity contribution in [2.24, 2.45) is 0 Å². The van der Waals surface area contributed by atoms with E-state index >= 15 is 0 Å². The number of carbonyl (C=O) groups is 1. The second-order valence-corrected chi connectivity index (χ2v) is 8.48. The average molecular weight is 373 g/mol. The fraction of sp³-hybridized carbons (Fsp3) is 0.368. The smallest absolute Gasteiger partial charge is 0.251 e. The maximum Gasteiger partial charge on any atom is 0.251 e. The van der Waals surface area contributed by atoms with Crippen LogP contribution in [0.2, 0.25) is 0 Å². The van der Waals surface area contributed by atoms with Crippen molar-refractivity contribution >= 4 is 15.9 Å². The quantitative estimate of drug-likeness (QED) is 0.779. The molecular formula is C19H23N3O3S. The molecule has 1 atom stereocenters. The summed E-state index contributed by atoms with van der Waals surface area (Å²) in [5, 5.41) is 2.87. The minimum absolute atomic E-state index is 0.0885. The highest BCUT2D eigenvalue weighted by molar-refractivity contribution is 7.89. The van der Waals surface area contributed by atoms with Crippen LogP contribution in [0.4, 0.5) is 0 Å². The number of hydrogen-bond acceptors (Lipinski definition) is 4. The molecular weight excluding hydrogens is 350 g/mol. The van der Waals surface area contributed by atoms with Gasteiger partial charge < -0.3 is 5.32 Å². The lowest BCUT2D eigenvalue weighted by Crippen LogP contribution is -2.34. The molecule has 7 heteroatoms. The van der Waals surface area contributed by atoms with Gasteiger partial charge in [-0.3, -0.25) is 9.78 Å². The van der Waals surface area contributed by atoms with Gasteiger partial charge in [-0.2, -0.15) is 0 Å². The van der Waals surface area contributed by atoms with Gasteiger partial charge >= 0.3 is 0 Å². The number of hydrogen-bond donors (Lipinski definition) is 2. The zero-order valence-corrected chi connectivity index (χ0v) is 15.7. The second kappa shape index (κ2) is 7.55. The molecule has 1 aliphatic carbocycles. The molecule has 1 aliphatic rings. The van der Waals surface area contributed by atoms with Gasteiger partial charge in [-0.05, 0) is 56.5 Å². The maximum absolute atomic E-state index is 12.7. The summed E-state index contributed by atoms with van der Waals surface area (Å²) in [5.74, 6) is -0.235. The highest BCUT2D eigenvalue weighted by Gasteiger charge is 2.25. The first-order valence-corrected chi connectivity index (χ1v) is 10.2. The molecule has 0 spiro atoms. The van der Waals surface area contributed by atoms with E-state index in [0.29, 0.717) is 12.0 Å². The van der Waals surface area contributed by atoms with Crippen molar-refractivity contribution < 1.29 is 13.2 Å². The van der Waals surface area contributed by atoms with Crippen LogP contribution >= 0.6 is 0 Å². The molecule has 1 fully saturated rings. The van der Waals surface area contributed by atoms with Crippen molar-refractivity contribution in [1.82, 2.24) is 15.0 Å². The van der Waals surface area contributed by atoms with Crippen LogP contribution < -0.4 is 10.0 Å². The van der Waals surface area contributed by atoms with Gasteiger partial charge in [0, 0.05) is 36.0 Å². The summed E-state index contributed by atoms with van der Waals surface area (Å²) in [6.07, 6.45) is 4.16. The van der Waals surface area contributed by atoms with Gasteiger partial charge in [0.2, 0.25) is 10.0 Å². The number of sulfonamides is 1. The van der Waals surface area contributed by atoms with E-state index in [0.717, 1.165) is 24.1 Å². The van der Waals surface area contributed by atoms with E-state index in [4.69, 9.17) is 0 Å². The Morgan fingerprint density at radius 1 is 1.27 bits per heavy atom. The Labute approximate surface area is 154 Å². The van der Waals surface area contributed by atoms with Crippen LogP contribution in [0.15, 0.2) is 47.5 Å². The van der Waals surface area contributed by atoms with E-state index in [9.17, 15) is 13.2 Å². The number of nitrogens with one attached hydrogen (secondary N) is 2. The van der Waals surface area contributed by atoms with Crippen LogP contribution in [-0.4, -0.2) is 31.4 Å². The van der Waals surface area contributed by atoms with Crippen molar-refractivity contribution in [2.45, 2.75) is 50.1 Å². The van der Waals surface area contributed by atoms with E-state index in [-0.39, 0.29) is 22.9 Å². The second-order valence-electron chi connectivity index (χ2n) is 6.77. The van der Waals surface area contributed by atoms with Crippen LogP contribution in [0.25, 0.3) is 0 Å². The van der Waals surface area contributed by atoms with E-state index < -0.39 is 10.0 Å².